The topological polar surface area (TPSA) is 75.8 Å². The van der Waals surface area contributed by atoms with Crippen LogP contribution in [0.1, 0.15) is 25.0 Å². The molecule has 21 heavy (non-hydrogen) atoms. The third-order valence-corrected chi connectivity index (χ3v) is 3.65. The second-order valence-corrected chi connectivity index (χ2v) is 5.17. The summed E-state index contributed by atoms with van der Waals surface area (Å²) < 4.78 is 5.10. The average molecular weight is 292 g/mol. The van der Waals surface area contributed by atoms with E-state index in [1.54, 1.807) is 26.2 Å². The largest absolute Gasteiger partial charge is 0.389 e. The highest BCUT2D eigenvalue weighted by Crippen LogP contribution is 2.32. The monoisotopic (exact) mass is 292 g/mol. The number of nitrogens with zero attached hydrogens (tertiary/aromatic N) is 2. The van der Waals surface area contributed by atoms with Crippen LogP contribution in [0.3, 0.4) is 0 Å². The van der Waals surface area contributed by atoms with Crippen molar-refractivity contribution in [1.29, 1.82) is 0 Å². The zero-order valence-corrected chi connectivity index (χ0v) is 12.3. The zero-order valence-electron chi connectivity index (χ0n) is 12.3. The molecule has 0 radical (unpaired) electrons. The molecule has 6 nitrogen and oxygen atoms in total. The quantitative estimate of drug-likeness (QED) is 0.512. The van der Waals surface area contributed by atoms with Crippen molar-refractivity contribution in [2.24, 2.45) is 0 Å². The maximum absolute atomic E-state index is 11.3. The fourth-order valence-electron chi connectivity index (χ4n) is 2.46. The van der Waals surface area contributed by atoms with Gasteiger partial charge in [0.1, 0.15) is 5.69 Å². The predicted molar refractivity (Wildman–Crippen MR) is 80.5 cm³/mol. The summed E-state index contributed by atoms with van der Waals surface area (Å²) in [7, 11) is 1.66. The Hall–Kier alpha value is -1.92. The maximum Gasteiger partial charge on any atom is 0.292 e. The number of nitro groups is 1. The number of ether oxygens (including phenoxy) is 1. The Kier molecular flexibility index (Phi) is 4.93. The van der Waals surface area contributed by atoms with Crippen LogP contribution in [-0.2, 0) is 4.74 Å². The van der Waals surface area contributed by atoms with Gasteiger partial charge in [-0.25, -0.2) is 0 Å². The summed E-state index contributed by atoms with van der Waals surface area (Å²) in [5.41, 5.74) is 2.41. The van der Waals surface area contributed by atoms with Crippen molar-refractivity contribution in [2.45, 2.75) is 19.4 Å². The number of rotatable bonds is 5. The van der Waals surface area contributed by atoms with Crippen LogP contribution in [0, 0.1) is 10.1 Å². The number of aliphatic hydroxyl groups excluding tert-OH is 1. The highest BCUT2D eigenvalue weighted by Gasteiger charge is 2.22. The highest BCUT2D eigenvalue weighted by molar-refractivity contribution is 5.65. The van der Waals surface area contributed by atoms with Gasteiger partial charge in [-0.05, 0) is 30.5 Å². The summed E-state index contributed by atoms with van der Waals surface area (Å²) in [5.74, 6) is 0. The fourth-order valence-corrected chi connectivity index (χ4v) is 2.46. The van der Waals surface area contributed by atoms with Crippen LogP contribution in [0.15, 0.2) is 29.8 Å². The van der Waals surface area contributed by atoms with Crippen LogP contribution in [0.4, 0.5) is 11.4 Å². The van der Waals surface area contributed by atoms with E-state index in [-0.39, 0.29) is 5.69 Å². The number of hydrogen-bond acceptors (Lipinski definition) is 5. The SMILES string of the molecule is COCC1=CCN(c2ccc(C(C)O)cc2[N+](=O)[O-])CC1. The number of methoxy groups -OCH3 is 1. The Morgan fingerprint density at radius 1 is 1.52 bits per heavy atom. The Morgan fingerprint density at radius 2 is 2.29 bits per heavy atom. The Morgan fingerprint density at radius 3 is 2.81 bits per heavy atom. The minimum Gasteiger partial charge on any atom is -0.389 e. The normalized spacial score (nSPS) is 16.5. The molecule has 0 saturated carbocycles. The van der Waals surface area contributed by atoms with Gasteiger partial charge in [0.15, 0.2) is 0 Å². The van der Waals surface area contributed by atoms with E-state index in [2.05, 4.69) is 6.08 Å². The van der Waals surface area contributed by atoms with E-state index in [1.807, 2.05) is 4.90 Å². The lowest BCUT2D eigenvalue weighted by Gasteiger charge is -2.28. The first-order chi connectivity index (χ1) is 10.0. The molecule has 114 valence electrons. The first-order valence-electron chi connectivity index (χ1n) is 6.91. The maximum atomic E-state index is 11.3. The van der Waals surface area contributed by atoms with Crippen molar-refractivity contribution >= 4 is 11.4 Å². The average Bonchev–Trinajstić information content (AvgIpc) is 2.47. The molecule has 1 aromatic rings. The third-order valence-electron chi connectivity index (χ3n) is 3.65. The minimum atomic E-state index is -0.715. The van der Waals surface area contributed by atoms with Crippen molar-refractivity contribution in [1.82, 2.24) is 0 Å². The van der Waals surface area contributed by atoms with E-state index < -0.39 is 11.0 Å². The molecular weight excluding hydrogens is 272 g/mol. The molecule has 0 amide bonds. The van der Waals surface area contributed by atoms with Gasteiger partial charge < -0.3 is 14.7 Å². The van der Waals surface area contributed by atoms with Crippen LogP contribution in [0.5, 0.6) is 0 Å². The molecule has 1 aliphatic rings. The first-order valence-corrected chi connectivity index (χ1v) is 6.91. The Labute approximate surface area is 123 Å². The van der Waals surface area contributed by atoms with Gasteiger partial charge in [-0.1, -0.05) is 12.1 Å². The van der Waals surface area contributed by atoms with Crippen molar-refractivity contribution in [2.75, 3.05) is 31.7 Å². The third kappa shape index (κ3) is 3.59. The standard InChI is InChI=1S/C15H20N2O4/c1-11(18)13-3-4-14(15(9-13)17(19)20)16-7-5-12(6-8-16)10-21-2/h3-5,9,11,18H,6-8,10H2,1-2H3. The lowest BCUT2D eigenvalue weighted by Crippen LogP contribution is -2.29. The van der Waals surface area contributed by atoms with Gasteiger partial charge in [-0.2, -0.15) is 0 Å². The van der Waals surface area contributed by atoms with Crippen molar-refractivity contribution in [3.05, 3.63) is 45.5 Å². The molecule has 0 fully saturated rings. The molecule has 0 spiro atoms. The number of benzene rings is 1. The van der Waals surface area contributed by atoms with Gasteiger partial charge in [0.2, 0.25) is 0 Å². The Balaban J connectivity index is 2.26. The first kappa shape index (κ1) is 15.5. The second kappa shape index (κ2) is 6.69. The fraction of sp³-hybridized carbons (Fsp3) is 0.467. The van der Waals surface area contributed by atoms with Crippen LogP contribution in [0.25, 0.3) is 0 Å². The molecule has 2 rings (SSSR count). The molecule has 1 atom stereocenters. The zero-order chi connectivity index (χ0) is 15.4. The van der Waals surface area contributed by atoms with Crippen LogP contribution < -0.4 is 4.90 Å². The van der Waals surface area contributed by atoms with Gasteiger partial charge in [-0.15, -0.1) is 0 Å². The molecule has 0 aromatic heterocycles. The number of anilines is 1. The van der Waals surface area contributed by atoms with Gasteiger partial charge in [0, 0.05) is 26.3 Å². The minimum absolute atomic E-state index is 0.0389. The molecule has 1 aliphatic heterocycles. The summed E-state index contributed by atoms with van der Waals surface area (Å²) in [6, 6.07) is 4.91. The molecule has 1 N–H and O–H groups in total. The summed E-state index contributed by atoms with van der Waals surface area (Å²) in [5, 5.41) is 20.8. The molecule has 0 saturated heterocycles. The predicted octanol–water partition coefficient (Wildman–Crippen LogP) is 2.43. The van der Waals surface area contributed by atoms with Crippen molar-refractivity contribution in [3.8, 4) is 0 Å². The lowest BCUT2D eigenvalue weighted by molar-refractivity contribution is -0.384. The molecule has 6 heteroatoms. The molecule has 0 bridgehead atoms. The van der Waals surface area contributed by atoms with Gasteiger partial charge >= 0.3 is 0 Å². The summed E-state index contributed by atoms with van der Waals surface area (Å²) >= 11 is 0. The van der Waals surface area contributed by atoms with E-state index in [0.717, 1.165) is 13.0 Å². The van der Waals surface area contributed by atoms with E-state index >= 15 is 0 Å². The van der Waals surface area contributed by atoms with Gasteiger partial charge in [0.05, 0.1) is 17.6 Å². The van der Waals surface area contributed by atoms with E-state index in [9.17, 15) is 15.2 Å². The second-order valence-electron chi connectivity index (χ2n) is 5.17. The number of aliphatic hydroxyl groups is 1. The summed E-state index contributed by atoms with van der Waals surface area (Å²) in [6.45, 7) is 3.56. The van der Waals surface area contributed by atoms with Gasteiger partial charge in [-0.3, -0.25) is 10.1 Å². The van der Waals surface area contributed by atoms with Gasteiger partial charge in [0.25, 0.3) is 5.69 Å². The van der Waals surface area contributed by atoms with Crippen molar-refractivity contribution < 1.29 is 14.8 Å². The molecule has 1 unspecified atom stereocenters. The summed E-state index contributed by atoms with van der Waals surface area (Å²) in [6.07, 6.45) is 2.18. The van der Waals surface area contributed by atoms with Crippen LogP contribution in [-0.4, -0.2) is 36.8 Å². The molecule has 0 aliphatic carbocycles. The molecule has 1 aromatic carbocycles. The van der Waals surface area contributed by atoms with E-state index in [1.165, 1.54) is 11.6 Å². The summed E-state index contributed by atoms with van der Waals surface area (Å²) in [4.78, 5) is 12.8. The number of nitro benzene ring substituents is 1. The molecular formula is C15H20N2O4. The Bertz CT molecular complexity index is 555. The number of hydrogen-bond donors (Lipinski definition) is 1. The van der Waals surface area contributed by atoms with E-state index in [4.69, 9.17) is 4.74 Å². The van der Waals surface area contributed by atoms with Crippen molar-refractivity contribution in [3.63, 3.8) is 0 Å². The highest BCUT2D eigenvalue weighted by atomic mass is 16.6. The lowest BCUT2D eigenvalue weighted by atomic mass is 10.1. The molecule has 1 heterocycles. The van der Waals surface area contributed by atoms with Crippen LogP contribution >= 0.6 is 0 Å². The van der Waals surface area contributed by atoms with Crippen LogP contribution in [0.2, 0.25) is 0 Å². The van der Waals surface area contributed by atoms with E-state index in [0.29, 0.717) is 24.4 Å². The smallest absolute Gasteiger partial charge is 0.292 e.